The molecule has 123 heavy (non-hydrogen) atoms. The summed E-state index contributed by atoms with van der Waals surface area (Å²) in [6, 6.07) is 153. The molecule has 0 amide bonds. The van der Waals surface area contributed by atoms with Crippen LogP contribution in [0, 0.1) is 0 Å². The molecular formula is C114H71N9. The van der Waals surface area contributed by atoms with Crippen LogP contribution in [0.15, 0.2) is 431 Å². The second-order valence-electron chi connectivity index (χ2n) is 31.6. The summed E-state index contributed by atoms with van der Waals surface area (Å²) in [4.78, 5) is 21.0. The van der Waals surface area contributed by atoms with Gasteiger partial charge in [0.2, 0.25) is 0 Å². The second-order valence-corrected chi connectivity index (χ2v) is 31.6. The molecule has 8 aromatic heterocycles. The molecule has 0 saturated carbocycles. The highest BCUT2D eigenvalue weighted by atomic mass is 15.2. The Kier molecular flexibility index (Phi) is 16.7. The van der Waals surface area contributed by atoms with Gasteiger partial charge in [-0.05, 0) is 109 Å². The van der Waals surface area contributed by atoms with E-state index in [2.05, 4.69) is 408 Å². The van der Waals surface area contributed by atoms with Crippen molar-refractivity contribution in [2.75, 3.05) is 0 Å². The summed E-state index contributed by atoms with van der Waals surface area (Å²) in [5, 5.41) is 27.8. The van der Waals surface area contributed by atoms with Crippen molar-refractivity contribution >= 4 is 103 Å². The molecule has 0 aliphatic carbocycles. The van der Waals surface area contributed by atoms with Crippen molar-refractivity contribution in [3.8, 4) is 135 Å². The van der Waals surface area contributed by atoms with Gasteiger partial charge < -0.3 is 4.40 Å². The van der Waals surface area contributed by atoms with Crippen LogP contribution < -0.4 is 0 Å². The zero-order valence-electron chi connectivity index (χ0n) is 66.5. The van der Waals surface area contributed by atoms with E-state index < -0.39 is 0 Å². The second kappa shape index (κ2) is 29.2. The summed E-state index contributed by atoms with van der Waals surface area (Å²) in [5.74, 6) is 1.38. The van der Waals surface area contributed by atoms with Gasteiger partial charge in [-0.2, -0.15) is 10.2 Å². The molecule has 0 bridgehead atoms. The van der Waals surface area contributed by atoms with Crippen LogP contribution >= 0.6 is 0 Å². The third-order valence-electron chi connectivity index (χ3n) is 24.5. The van der Waals surface area contributed by atoms with Gasteiger partial charge in [-0.1, -0.05) is 376 Å². The van der Waals surface area contributed by atoms with Gasteiger partial charge in [-0.25, -0.2) is 29.0 Å². The molecule has 9 nitrogen and oxygen atoms in total. The first-order chi connectivity index (χ1) is 61.0. The van der Waals surface area contributed by atoms with E-state index in [-0.39, 0.29) is 0 Å². The molecule has 0 fully saturated rings. The van der Waals surface area contributed by atoms with Crippen molar-refractivity contribution in [2.24, 2.45) is 0 Å². The summed E-state index contributed by atoms with van der Waals surface area (Å²) in [7, 11) is 0. The molecule has 572 valence electrons. The maximum absolute atomic E-state index is 5.42. The Morgan fingerprint density at radius 2 is 0.463 bits per heavy atom. The van der Waals surface area contributed by atoms with Gasteiger partial charge in [0, 0.05) is 99.1 Å². The van der Waals surface area contributed by atoms with Gasteiger partial charge in [-0.15, -0.1) is 0 Å². The smallest absolute Gasteiger partial charge is 0.160 e. The summed E-state index contributed by atoms with van der Waals surface area (Å²) < 4.78 is 6.70. The quantitative estimate of drug-likeness (QED) is 0.113. The fourth-order valence-corrected chi connectivity index (χ4v) is 18.7. The summed E-state index contributed by atoms with van der Waals surface area (Å²) >= 11 is 0. The molecule has 25 aromatic rings. The van der Waals surface area contributed by atoms with Crippen LogP contribution in [0.25, 0.3) is 238 Å². The van der Waals surface area contributed by atoms with Crippen molar-refractivity contribution < 1.29 is 0 Å². The lowest BCUT2D eigenvalue weighted by molar-refractivity contribution is 0.979. The van der Waals surface area contributed by atoms with Crippen molar-refractivity contribution in [3.63, 3.8) is 0 Å². The van der Waals surface area contributed by atoms with E-state index in [4.69, 9.17) is 30.1 Å². The molecule has 0 aliphatic rings. The van der Waals surface area contributed by atoms with E-state index in [0.717, 1.165) is 145 Å². The first kappa shape index (κ1) is 70.6. The van der Waals surface area contributed by atoms with Gasteiger partial charge in [-0.3, -0.25) is 0 Å². The van der Waals surface area contributed by atoms with Gasteiger partial charge in [0.15, 0.2) is 11.6 Å². The average Bonchev–Trinajstić information content (AvgIpc) is 1.54. The molecule has 0 atom stereocenters. The third-order valence-corrected chi connectivity index (χ3v) is 24.5. The van der Waals surface area contributed by atoms with Crippen LogP contribution in [-0.2, 0) is 0 Å². The molecule has 8 heterocycles. The van der Waals surface area contributed by atoms with Gasteiger partial charge in [0.1, 0.15) is 11.4 Å². The van der Waals surface area contributed by atoms with Crippen LogP contribution in [0.5, 0.6) is 0 Å². The number of nitrogens with zero attached hydrogens (tertiary/aromatic N) is 9. The van der Waals surface area contributed by atoms with E-state index in [0.29, 0.717) is 11.6 Å². The molecule has 0 saturated heterocycles. The van der Waals surface area contributed by atoms with Gasteiger partial charge in [0.25, 0.3) is 0 Å². The zero-order valence-corrected chi connectivity index (χ0v) is 66.5. The highest BCUT2D eigenvalue weighted by molar-refractivity contribution is 6.27. The number of pyridine rings is 2. The Labute approximate surface area is 707 Å². The van der Waals surface area contributed by atoms with Crippen LogP contribution in [0.1, 0.15) is 0 Å². The SMILES string of the molecule is c1ccc(-c2nc(-c3ccc(-c4c(-c5ccccc5)nn5c(-c6ccccc6)cc6ccccc6c45)cc3)cc(-c3cc4c5ccccc5n5c6ccccc6c(c3)c45)n2)cc1.c1ccc(-c2nc(-c3ccc(-c4c(-c5ccccc5)nn5c(-c6ccccc6)cc6ccccc6c45)cc3)cc(-c3ccc4c5ccccc5c5ccccc5c4c3)n2)cc1. The molecule has 0 N–H and O–H groups in total. The molecule has 0 radical (unpaired) electrons. The van der Waals surface area contributed by atoms with E-state index >= 15 is 0 Å². The number of benzene rings is 17. The zero-order chi connectivity index (χ0) is 81.0. The first-order valence-corrected chi connectivity index (χ1v) is 41.7. The van der Waals surface area contributed by atoms with Crippen LogP contribution in [0.4, 0.5) is 0 Å². The molecule has 17 aromatic carbocycles. The van der Waals surface area contributed by atoms with Crippen LogP contribution in [0.3, 0.4) is 0 Å². The van der Waals surface area contributed by atoms with Gasteiger partial charge in [0.05, 0.1) is 61.7 Å². The maximum atomic E-state index is 5.42. The standard InChI is InChI=1S/C57H35N5.C57H36N4/c1-4-16-37(17-5-1)52-34-41-22-10-11-23-43(41)56-53(54(60-62(52)56)39-18-6-2-7-19-39)38-30-28-36(29-31-38)48-35-49(59-57(58-48)40-20-8-3-9-21-40)42-32-46-44-24-12-14-26-50(44)61-51-27-15-13-25-45(51)47(33-42)55(46)61;1-4-16-38(17-5-1)53-35-42-22-10-11-23-44(42)56-54(55(60-61(53)56)40-18-6-2-7-19-40)39-30-28-37(29-31-39)51-36-52(59-57(58-51)41-20-8-3-9-21-41)43-32-33-49-47-26-13-12-24-45(47)46-25-14-15-27-48(46)50(49)34-43/h1-35H;1-36H. The van der Waals surface area contributed by atoms with Gasteiger partial charge >= 0.3 is 0 Å². The number of aromatic nitrogens is 9. The average molecular weight is 1570 g/mol. The number of rotatable bonds is 12. The number of hydrogen-bond acceptors (Lipinski definition) is 6. The summed E-state index contributed by atoms with van der Waals surface area (Å²) in [6.07, 6.45) is 0. The molecule has 0 spiro atoms. The maximum Gasteiger partial charge on any atom is 0.160 e. The molecule has 9 heteroatoms. The number of hydrogen-bond donors (Lipinski definition) is 0. The Balaban J connectivity index is 0.000000139. The Morgan fingerprint density at radius 1 is 0.171 bits per heavy atom. The van der Waals surface area contributed by atoms with Crippen molar-refractivity contribution in [3.05, 3.63) is 431 Å². The van der Waals surface area contributed by atoms with E-state index in [1.54, 1.807) is 0 Å². The largest absolute Gasteiger partial charge is 0.308 e. The topological polar surface area (TPSA) is 90.6 Å². The normalized spacial score (nSPS) is 11.7. The van der Waals surface area contributed by atoms with Crippen molar-refractivity contribution in [1.29, 1.82) is 0 Å². The minimum atomic E-state index is 0.689. The van der Waals surface area contributed by atoms with E-state index in [1.165, 1.54) is 81.2 Å². The fraction of sp³-hybridized carbons (Fsp3) is 0. The van der Waals surface area contributed by atoms with Crippen LogP contribution in [-0.4, -0.2) is 43.6 Å². The lowest BCUT2D eigenvalue weighted by atomic mass is 9.92. The predicted molar refractivity (Wildman–Crippen MR) is 509 cm³/mol. The monoisotopic (exact) mass is 1570 g/mol. The minimum absolute atomic E-state index is 0.689. The summed E-state index contributed by atoms with van der Waals surface area (Å²) in [6.45, 7) is 0. The Morgan fingerprint density at radius 3 is 0.870 bits per heavy atom. The first-order valence-electron chi connectivity index (χ1n) is 41.7. The van der Waals surface area contributed by atoms with E-state index in [1.807, 2.05) is 36.4 Å². The van der Waals surface area contributed by atoms with E-state index in [9.17, 15) is 0 Å². The number of para-hydroxylation sites is 2. The Hall–Kier alpha value is -16.6. The summed E-state index contributed by atoms with van der Waals surface area (Å²) in [5.41, 5.74) is 28.1. The molecule has 0 aliphatic heterocycles. The lowest BCUT2D eigenvalue weighted by Crippen LogP contribution is -1.96. The lowest BCUT2D eigenvalue weighted by Gasteiger charge is -2.13. The highest BCUT2D eigenvalue weighted by Crippen LogP contribution is 2.48. The molecule has 25 rings (SSSR count). The minimum Gasteiger partial charge on any atom is -0.308 e. The fourth-order valence-electron chi connectivity index (χ4n) is 18.7. The van der Waals surface area contributed by atoms with Crippen molar-refractivity contribution in [1.82, 2.24) is 43.6 Å². The van der Waals surface area contributed by atoms with Crippen molar-refractivity contribution in [2.45, 2.75) is 0 Å². The highest BCUT2D eigenvalue weighted by Gasteiger charge is 2.27. The van der Waals surface area contributed by atoms with Crippen LogP contribution in [0.2, 0.25) is 0 Å². The molecule has 0 unspecified atom stereocenters. The molecular weight excluding hydrogens is 1500 g/mol. The third kappa shape index (κ3) is 12.0. The predicted octanol–water partition coefficient (Wildman–Crippen LogP) is 29.2. The Bertz CT molecular complexity index is 8320. The number of fused-ring (bicyclic) bond motifs is 18.